The first-order valence-electron chi connectivity index (χ1n) is 4.82. The molecule has 0 saturated carbocycles. The van der Waals surface area contributed by atoms with Crippen molar-refractivity contribution in [3.05, 3.63) is 46.8 Å². The topological polar surface area (TPSA) is 31.4 Å². The molecular weight excluding hydrogens is 289 g/mol. The molecular formula is C12H9BrFNO2. The molecule has 0 spiro atoms. The number of rotatable bonds is 3. The van der Waals surface area contributed by atoms with Crippen LogP contribution in [0.3, 0.4) is 0 Å². The lowest BCUT2D eigenvalue weighted by molar-refractivity contribution is 0.404. The third-order valence-electron chi connectivity index (χ3n) is 2.05. The van der Waals surface area contributed by atoms with Gasteiger partial charge < -0.3 is 9.47 Å². The Hall–Kier alpha value is -1.62. The summed E-state index contributed by atoms with van der Waals surface area (Å²) in [4.78, 5) is 3.80. The summed E-state index contributed by atoms with van der Waals surface area (Å²) in [7, 11) is 1.57. The molecule has 2 rings (SSSR count). The van der Waals surface area contributed by atoms with Gasteiger partial charge in [-0.15, -0.1) is 0 Å². The zero-order valence-electron chi connectivity index (χ0n) is 8.98. The summed E-state index contributed by atoms with van der Waals surface area (Å²) in [6.07, 6.45) is 1.10. The SMILES string of the molecule is COc1cc(Oc2ccc(F)cn2)ccc1Br. The van der Waals surface area contributed by atoms with E-state index in [1.165, 1.54) is 12.1 Å². The van der Waals surface area contributed by atoms with E-state index in [4.69, 9.17) is 9.47 Å². The van der Waals surface area contributed by atoms with Gasteiger partial charge in [0, 0.05) is 12.1 Å². The quantitative estimate of drug-likeness (QED) is 0.864. The molecule has 0 bridgehead atoms. The van der Waals surface area contributed by atoms with Crippen LogP contribution in [0.4, 0.5) is 4.39 Å². The molecule has 17 heavy (non-hydrogen) atoms. The fourth-order valence-corrected chi connectivity index (χ4v) is 1.66. The number of ether oxygens (including phenoxy) is 2. The molecule has 5 heteroatoms. The first-order valence-corrected chi connectivity index (χ1v) is 5.61. The van der Waals surface area contributed by atoms with Gasteiger partial charge in [-0.2, -0.15) is 0 Å². The number of benzene rings is 1. The highest BCUT2D eigenvalue weighted by Crippen LogP contribution is 2.30. The Morgan fingerprint density at radius 3 is 2.71 bits per heavy atom. The zero-order chi connectivity index (χ0) is 12.3. The van der Waals surface area contributed by atoms with E-state index in [0.29, 0.717) is 17.4 Å². The van der Waals surface area contributed by atoms with Gasteiger partial charge in [-0.1, -0.05) is 0 Å². The summed E-state index contributed by atoms with van der Waals surface area (Å²) in [6.45, 7) is 0. The lowest BCUT2D eigenvalue weighted by Gasteiger charge is -2.07. The van der Waals surface area contributed by atoms with E-state index in [0.717, 1.165) is 10.7 Å². The maximum absolute atomic E-state index is 12.7. The minimum absolute atomic E-state index is 0.329. The molecule has 88 valence electrons. The van der Waals surface area contributed by atoms with Crippen LogP contribution >= 0.6 is 15.9 Å². The van der Waals surface area contributed by atoms with Crippen LogP contribution in [0.15, 0.2) is 41.0 Å². The Kier molecular flexibility index (Phi) is 3.58. The molecule has 0 saturated heterocycles. The highest BCUT2D eigenvalue weighted by molar-refractivity contribution is 9.10. The van der Waals surface area contributed by atoms with Crippen molar-refractivity contribution in [2.75, 3.05) is 7.11 Å². The molecule has 0 N–H and O–H groups in total. The van der Waals surface area contributed by atoms with Gasteiger partial charge in [0.25, 0.3) is 0 Å². The van der Waals surface area contributed by atoms with Gasteiger partial charge in [-0.05, 0) is 34.1 Å². The molecule has 3 nitrogen and oxygen atoms in total. The lowest BCUT2D eigenvalue weighted by Crippen LogP contribution is -1.90. The fourth-order valence-electron chi connectivity index (χ4n) is 1.25. The lowest BCUT2D eigenvalue weighted by atomic mass is 10.3. The number of aromatic nitrogens is 1. The molecule has 1 heterocycles. The van der Waals surface area contributed by atoms with Gasteiger partial charge in [0.2, 0.25) is 5.88 Å². The smallest absolute Gasteiger partial charge is 0.219 e. The molecule has 0 fully saturated rings. The number of hydrogen-bond donors (Lipinski definition) is 0. The molecule has 0 amide bonds. The highest BCUT2D eigenvalue weighted by Gasteiger charge is 2.04. The van der Waals surface area contributed by atoms with E-state index in [2.05, 4.69) is 20.9 Å². The van der Waals surface area contributed by atoms with Crippen LogP contribution in [-0.2, 0) is 0 Å². The van der Waals surface area contributed by atoms with Crippen LogP contribution < -0.4 is 9.47 Å². The summed E-state index contributed by atoms with van der Waals surface area (Å²) in [5, 5.41) is 0. The van der Waals surface area contributed by atoms with Gasteiger partial charge in [0.1, 0.15) is 17.3 Å². The predicted octanol–water partition coefficient (Wildman–Crippen LogP) is 3.78. The summed E-state index contributed by atoms with van der Waals surface area (Å²) in [6, 6.07) is 8.03. The molecule has 0 aliphatic heterocycles. The summed E-state index contributed by atoms with van der Waals surface area (Å²) in [5.41, 5.74) is 0. The van der Waals surface area contributed by atoms with Gasteiger partial charge >= 0.3 is 0 Å². The minimum atomic E-state index is -0.397. The van der Waals surface area contributed by atoms with Crippen molar-refractivity contribution in [3.8, 4) is 17.4 Å². The average Bonchev–Trinajstić information content (AvgIpc) is 2.34. The van der Waals surface area contributed by atoms with E-state index < -0.39 is 5.82 Å². The molecule has 0 unspecified atom stereocenters. The normalized spacial score (nSPS) is 10.1. The molecule has 0 radical (unpaired) electrons. The number of nitrogens with zero attached hydrogens (tertiary/aromatic N) is 1. The molecule has 0 aliphatic rings. The number of methoxy groups -OCH3 is 1. The van der Waals surface area contributed by atoms with Crippen LogP contribution in [0, 0.1) is 5.82 Å². The third kappa shape index (κ3) is 2.94. The van der Waals surface area contributed by atoms with Crippen LogP contribution in [0.2, 0.25) is 0 Å². The second-order valence-corrected chi connectivity index (χ2v) is 4.07. The van der Waals surface area contributed by atoms with Gasteiger partial charge in [0.15, 0.2) is 0 Å². The second kappa shape index (κ2) is 5.14. The fraction of sp³-hybridized carbons (Fsp3) is 0.0833. The summed E-state index contributed by atoms with van der Waals surface area (Å²) >= 11 is 3.34. The number of pyridine rings is 1. The first-order chi connectivity index (χ1) is 8.19. The Bertz CT molecular complexity index is 516. The van der Waals surface area contributed by atoms with Crippen molar-refractivity contribution in [1.82, 2.24) is 4.98 Å². The van der Waals surface area contributed by atoms with Crippen molar-refractivity contribution < 1.29 is 13.9 Å². The third-order valence-corrected chi connectivity index (χ3v) is 2.70. The van der Waals surface area contributed by atoms with E-state index >= 15 is 0 Å². The minimum Gasteiger partial charge on any atom is -0.495 e. The van der Waals surface area contributed by atoms with Crippen LogP contribution in [0.25, 0.3) is 0 Å². The van der Waals surface area contributed by atoms with Crippen molar-refractivity contribution in [3.63, 3.8) is 0 Å². The summed E-state index contributed by atoms with van der Waals surface area (Å²) in [5.74, 6) is 1.16. The highest BCUT2D eigenvalue weighted by atomic mass is 79.9. The Morgan fingerprint density at radius 2 is 2.06 bits per heavy atom. The number of halogens is 2. The Morgan fingerprint density at radius 1 is 1.24 bits per heavy atom. The molecule has 0 atom stereocenters. The maximum Gasteiger partial charge on any atom is 0.219 e. The monoisotopic (exact) mass is 297 g/mol. The predicted molar refractivity (Wildman–Crippen MR) is 65.0 cm³/mol. The molecule has 1 aromatic heterocycles. The van der Waals surface area contributed by atoms with E-state index in [1.54, 1.807) is 25.3 Å². The van der Waals surface area contributed by atoms with Crippen LogP contribution in [0.1, 0.15) is 0 Å². The van der Waals surface area contributed by atoms with Crippen molar-refractivity contribution in [2.24, 2.45) is 0 Å². The van der Waals surface area contributed by atoms with Crippen molar-refractivity contribution in [2.45, 2.75) is 0 Å². The van der Waals surface area contributed by atoms with Crippen LogP contribution in [0.5, 0.6) is 17.4 Å². The molecule has 0 aliphatic carbocycles. The van der Waals surface area contributed by atoms with Crippen molar-refractivity contribution >= 4 is 15.9 Å². The van der Waals surface area contributed by atoms with Gasteiger partial charge in [0.05, 0.1) is 17.8 Å². The Labute approximate surface area is 106 Å². The van der Waals surface area contributed by atoms with E-state index in [-0.39, 0.29) is 0 Å². The molecule has 1 aromatic carbocycles. The standard InChI is InChI=1S/C12H9BrFNO2/c1-16-11-6-9(3-4-10(11)13)17-12-5-2-8(14)7-15-12/h2-7H,1H3. The van der Waals surface area contributed by atoms with Crippen LogP contribution in [-0.4, -0.2) is 12.1 Å². The second-order valence-electron chi connectivity index (χ2n) is 3.21. The Balaban J connectivity index is 2.21. The van der Waals surface area contributed by atoms with E-state index in [9.17, 15) is 4.39 Å². The van der Waals surface area contributed by atoms with Crippen molar-refractivity contribution in [1.29, 1.82) is 0 Å². The van der Waals surface area contributed by atoms with Gasteiger partial charge in [-0.3, -0.25) is 0 Å². The zero-order valence-corrected chi connectivity index (χ0v) is 10.6. The first kappa shape index (κ1) is 11.9. The van der Waals surface area contributed by atoms with E-state index in [1.807, 2.05) is 0 Å². The molecule has 2 aromatic rings. The largest absolute Gasteiger partial charge is 0.495 e. The maximum atomic E-state index is 12.7. The number of hydrogen-bond acceptors (Lipinski definition) is 3. The average molecular weight is 298 g/mol. The summed E-state index contributed by atoms with van der Waals surface area (Å²) < 4.78 is 24.1. The van der Waals surface area contributed by atoms with Gasteiger partial charge in [-0.25, -0.2) is 9.37 Å².